The number of hydrogen-bond acceptors (Lipinski definition) is 8. The van der Waals surface area contributed by atoms with Crippen LogP contribution in [0.5, 0.6) is 0 Å². The van der Waals surface area contributed by atoms with Crippen LogP contribution < -0.4 is 0 Å². The fraction of sp³-hybridized carbons (Fsp3) is 0.571. The molecule has 0 aliphatic carbocycles. The molecule has 22 heavy (non-hydrogen) atoms. The Morgan fingerprint density at radius 2 is 1.36 bits per heavy atom. The first-order chi connectivity index (χ1) is 10.8. The molecule has 1 atom stereocenters. The van der Waals surface area contributed by atoms with Crippen LogP contribution in [0.4, 0.5) is 0 Å². The number of unbranched alkanes of at least 4 members (excludes halogenated alkanes) is 1. The van der Waals surface area contributed by atoms with Gasteiger partial charge in [-0.05, 0) is 6.42 Å². The highest BCUT2D eigenvalue weighted by molar-refractivity contribution is 8.45. The van der Waals surface area contributed by atoms with E-state index in [1.165, 1.54) is 36.5 Å². The van der Waals surface area contributed by atoms with Crippen molar-refractivity contribution in [2.45, 2.75) is 31.4 Å². The molecule has 0 unspecified atom stereocenters. The molecule has 4 heterocycles. The Hall–Kier alpha value is 2.02. The van der Waals surface area contributed by atoms with Gasteiger partial charge in [-0.2, -0.15) is 0 Å². The maximum atomic E-state index is 2.30. The average Bonchev–Trinajstić information content (AvgIpc) is 3.15. The van der Waals surface area contributed by atoms with E-state index in [0.717, 1.165) is 5.25 Å². The summed E-state index contributed by atoms with van der Waals surface area (Å²) < 4.78 is 9.40. The first-order valence-corrected chi connectivity index (χ1v) is 14.4. The Morgan fingerprint density at radius 3 is 2.00 bits per heavy atom. The molecule has 8 heteroatoms. The van der Waals surface area contributed by atoms with Crippen molar-refractivity contribution in [3.8, 4) is 0 Å². The summed E-state index contributed by atoms with van der Waals surface area (Å²) in [4.78, 5) is 0. The summed E-state index contributed by atoms with van der Waals surface area (Å²) in [5, 5.41) is 0.836. The Morgan fingerprint density at radius 1 is 0.773 bits per heavy atom. The van der Waals surface area contributed by atoms with Crippen molar-refractivity contribution < 1.29 is 0 Å². The molecule has 0 saturated heterocycles. The third-order valence-corrected chi connectivity index (χ3v) is 15.8. The topological polar surface area (TPSA) is 0 Å². The number of rotatable bonds is 3. The number of thioether (sulfide) groups is 8. The predicted molar refractivity (Wildman–Crippen MR) is 120 cm³/mol. The quantitative estimate of drug-likeness (QED) is 0.429. The van der Waals surface area contributed by atoms with Gasteiger partial charge >= 0.3 is 0 Å². The zero-order valence-electron chi connectivity index (χ0n) is 12.1. The van der Waals surface area contributed by atoms with Gasteiger partial charge < -0.3 is 0 Å². The van der Waals surface area contributed by atoms with Gasteiger partial charge in [-0.25, -0.2) is 0 Å². The van der Waals surface area contributed by atoms with Crippen molar-refractivity contribution in [3.05, 3.63) is 25.4 Å². The molecule has 0 aromatic carbocycles. The van der Waals surface area contributed by atoms with Gasteiger partial charge in [-0.15, -0.1) is 47.0 Å². The molecule has 0 radical (unpaired) electrons. The molecule has 0 N–H and O–H groups in total. The molecular weight excluding hydrogens is 425 g/mol. The third-order valence-electron chi connectivity index (χ3n) is 3.34. The monoisotopic (exact) mass is 440 g/mol. The molecule has 0 spiro atoms. The lowest BCUT2D eigenvalue weighted by Crippen LogP contribution is -2.09. The standard InChI is InChI=1S/C14H16S8/c1-2-3-4-8-7-17-11-12(18-8)22-14(21-11)13-19-9-10(20-13)16-6-5-15-9/h8H,2-7H2,1H3/t8-/m1/s1. The van der Waals surface area contributed by atoms with Crippen molar-refractivity contribution in [1.82, 2.24) is 0 Å². The highest BCUT2D eigenvalue weighted by atomic mass is 32.3. The van der Waals surface area contributed by atoms with Gasteiger partial charge in [0.15, 0.2) is 0 Å². The van der Waals surface area contributed by atoms with Gasteiger partial charge in [0.1, 0.15) is 0 Å². The molecule has 120 valence electrons. The predicted octanol–water partition coefficient (Wildman–Crippen LogP) is 7.85. The molecule has 0 aromatic heterocycles. The maximum Gasteiger partial charge on any atom is 0.0717 e. The van der Waals surface area contributed by atoms with E-state index < -0.39 is 0 Å². The van der Waals surface area contributed by atoms with E-state index in [-0.39, 0.29) is 0 Å². The zero-order valence-corrected chi connectivity index (χ0v) is 18.6. The van der Waals surface area contributed by atoms with Crippen LogP contribution in [0.15, 0.2) is 25.4 Å². The first kappa shape index (κ1) is 17.4. The van der Waals surface area contributed by atoms with Crippen LogP contribution in [-0.4, -0.2) is 22.5 Å². The van der Waals surface area contributed by atoms with E-state index in [1.54, 1.807) is 25.4 Å². The lowest BCUT2D eigenvalue weighted by Gasteiger charge is -2.20. The summed E-state index contributed by atoms with van der Waals surface area (Å²) in [6, 6.07) is 0. The second kappa shape index (κ2) is 8.14. The molecule has 0 amide bonds. The highest BCUT2D eigenvalue weighted by Crippen LogP contribution is 2.68. The van der Waals surface area contributed by atoms with E-state index in [9.17, 15) is 0 Å². The van der Waals surface area contributed by atoms with Crippen LogP contribution in [-0.2, 0) is 0 Å². The van der Waals surface area contributed by atoms with Crippen LogP contribution in [0.25, 0.3) is 0 Å². The second-order valence-corrected chi connectivity index (χ2v) is 15.2. The summed E-state index contributed by atoms with van der Waals surface area (Å²) in [6.45, 7) is 2.30. The van der Waals surface area contributed by atoms with Crippen molar-refractivity contribution >= 4 is 94.1 Å². The van der Waals surface area contributed by atoms with E-state index in [1.807, 2.05) is 35.3 Å². The first-order valence-electron chi connectivity index (χ1n) is 7.32. The summed E-state index contributed by atoms with van der Waals surface area (Å²) in [5.74, 6) is 3.86. The van der Waals surface area contributed by atoms with Gasteiger partial charge in [0, 0.05) is 22.5 Å². The fourth-order valence-corrected chi connectivity index (χ4v) is 15.0. The molecular formula is C14H16S8. The van der Waals surface area contributed by atoms with E-state index >= 15 is 0 Å². The van der Waals surface area contributed by atoms with E-state index in [0.29, 0.717) is 0 Å². The van der Waals surface area contributed by atoms with Gasteiger partial charge in [0.2, 0.25) is 0 Å². The largest absolute Gasteiger partial charge is 0.116 e. The highest BCUT2D eigenvalue weighted by Gasteiger charge is 2.34. The molecule has 0 aromatic rings. The fourth-order valence-electron chi connectivity index (χ4n) is 2.25. The molecule has 0 saturated carbocycles. The molecule has 0 nitrogen and oxygen atoms in total. The van der Waals surface area contributed by atoms with Crippen LogP contribution in [0.2, 0.25) is 0 Å². The number of hydrogen-bond donors (Lipinski definition) is 0. The lowest BCUT2D eigenvalue weighted by molar-refractivity contribution is 0.718. The lowest BCUT2D eigenvalue weighted by atomic mass is 10.2. The SMILES string of the molecule is CCCC[C@@H]1CSC2=C(SC(=C3SC4=C(SCCS4)S3)S2)S1. The van der Waals surface area contributed by atoms with Crippen molar-refractivity contribution in [2.24, 2.45) is 0 Å². The summed E-state index contributed by atoms with van der Waals surface area (Å²) >= 11 is 16.5. The smallest absolute Gasteiger partial charge is 0.0717 e. The maximum absolute atomic E-state index is 2.30. The minimum atomic E-state index is 0.836. The van der Waals surface area contributed by atoms with Gasteiger partial charge in [-0.1, -0.05) is 66.8 Å². The Bertz CT molecular complexity index is 541. The molecule has 0 fully saturated rings. The van der Waals surface area contributed by atoms with Crippen LogP contribution in [0.3, 0.4) is 0 Å². The Balaban J connectivity index is 1.41. The van der Waals surface area contributed by atoms with Crippen LogP contribution >= 0.6 is 94.1 Å². The van der Waals surface area contributed by atoms with E-state index in [2.05, 4.69) is 65.7 Å². The summed E-state index contributed by atoms with van der Waals surface area (Å²) in [5.41, 5.74) is 0. The van der Waals surface area contributed by atoms with Gasteiger partial charge in [-0.3, -0.25) is 0 Å². The minimum absolute atomic E-state index is 0.836. The average molecular weight is 441 g/mol. The molecule has 4 aliphatic rings. The second-order valence-electron chi connectivity index (χ2n) is 5.02. The summed E-state index contributed by atoms with van der Waals surface area (Å²) in [7, 11) is 0. The van der Waals surface area contributed by atoms with Crippen LogP contribution in [0.1, 0.15) is 26.2 Å². The minimum Gasteiger partial charge on any atom is -0.116 e. The van der Waals surface area contributed by atoms with Crippen molar-refractivity contribution in [1.29, 1.82) is 0 Å². The van der Waals surface area contributed by atoms with Crippen LogP contribution in [0, 0.1) is 0 Å². The third kappa shape index (κ3) is 3.89. The van der Waals surface area contributed by atoms with Gasteiger partial charge in [0.25, 0.3) is 0 Å². The molecule has 4 aliphatic heterocycles. The zero-order chi connectivity index (χ0) is 14.9. The Kier molecular flexibility index (Phi) is 6.45. The summed E-state index contributed by atoms with van der Waals surface area (Å²) in [6.07, 6.45) is 4.09. The Labute approximate surface area is 166 Å². The molecule has 0 bridgehead atoms. The van der Waals surface area contributed by atoms with Crippen molar-refractivity contribution in [3.63, 3.8) is 0 Å². The van der Waals surface area contributed by atoms with Crippen molar-refractivity contribution in [2.75, 3.05) is 17.3 Å². The van der Waals surface area contributed by atoms with E-state index in [4.69, 9.17) is 0 Å². The normalized spacial score (nSPS) is 28.5. The molecule has 4 rings (SSSR count). The van der Waals surface area contributed by atoms with Gasteiger partial charge in [0.05, 0.1) is 25.4 Å².